The van der Waals surface area contributed by atoms with E-state index in [-0.39, 0.29) is 18.1 Å². The Labute approximate surface area is 107 Å². The molecule has 0 aliphatic carbocycles. The van der Waals surface area contributed by atoms with E-state index in [1.54, 1.807) is 0 Å². The van der Waals surface area contributed by atoms with Crippen LogP contribution in [0.2, 0.25) is 0 Å². The summed E-state index contributed by atoms with van der Waals surface area (Å²) in [7, 11) is 0. The molecule has 1 fully saturated rings. The van der Waals surface area contributed by atoms with E-state index in [2.05, 4.69) is 5.32 Å². The minimum atomic E-state index is -2.29. The van der Waals surface area contributed by atoms with E-state index < -0.39 is 6.43 Å². The Kier molecular flexibility index (Phi) is 3.97. The molecule has 1 atom stereocenters. The molecular weight excluding hydrogens is 234 g/mol. The lowest BCUT2D eigenvalue weighted by molar-refractivity contribution is 0.0274. The van der Waals surface area contributed by atoms with Gasteiger partial charge in [-0.2, -0.15) is 0 Å². The van der Waals surface area contributed by atoms with Gasteiger partial charge in [-0.25, -0.2) is 8.78 Å². The fourth-order valence-electron chi connectivity index (χ4n) is 2.55. The quantitative estimate of drug-likeness (QED) is 0.892. The van der Waals surface area contributed by atoms with Gasteiger partial charge in [0.25, 0.3) is 6.43 Å². The number of rotatable bonds is 3. The summed E-state index contributed by atoms with van der Waals surface area (Å²) >= 11 is 0. The molecule has 0 amide bonds. The lowest BCUT2D eigenvalue weighted by Crippen LogP contribution is -2.58. The summed E-state index contributed by atoms with van der Waals surface area (Å²) in [6.45, 7) is 5.28. The van der Waals surface area contributed by atoms with Gasteiger partial charge in [0.2, 0.25) is 0 Å². The van der Waals surface area contributed by atoms with E-state index in [1.807, 2.05) is 49.1 Å². The van der Waals surface area contributed by atoms with Crippen molar-refractivity contribution in [2.75, 3.05) is 19.6 Å². The second-order valence-electron chi connectivity index (χ2n) is 5.51. The Morgan fingerprint density at radius 1 is 1.33 bits per heavy atom. The summed E-state index contributed by atoms with van der Waals surface area (Å²) in [4.78, 5) is 1.89. The van der Waals surface area contributed by atoms with Crippen molar-refractivity contribution in [1.82, 2.24) is 10.2 Å². The predicted octanol–water partition coefficient (Wildman–Crippen LogP) is 2.68. The molecular formula is C14H20F2N2. The maximum Gasteiger partial charge on any atom is 0.251 e. The molecule has 0 bridgehead atoms. The van der Waals surface area contributed by atoms with Gasteiger partial charge in [-0.15, -0.1) is 0 Å². The molecule has 1 heterocycles. The fraction of sp³-hybridized carbons (Fsp3) is 0.571. The topological polar surface area (TPSA) is 15.3 Å². The smallest absolute Gasteiger partial charge is 0.251 e. The molecule has 0 spiro atoms. The first kappa shape index (κ1) is 13.4. The monoisotopic (exact) mass is 254 g/mol. The van der Waals surface area contributed by atoms with Gasteiger partial charge in [0.1, 0.15) is 0 Å². The van der Waals surface area contributed by atoms with Crippen molar-refractivity contribution in [3.05, 3.63) is 35.9 Å². The lowest BCUT2D eigenvalue weighted by atomic mass is 9.95. The minimum Gasteiger partial charge on any atom is -0.309 e. The molecule has 0 aromatic heterocycles. The largest absolute Gasteiger partial charge is 0.309 e. The van der Waals surface area contributed by atoms with Crippen LogP contribution in [-0.2, 0) is 0 Å². The lowest BCUT2D eigenvalue weighted by Gasteiger charge is -2.44. The number of benzene rings is 1. The zero-order chi connectivity index (χ0) is 13.2. The fourth-order valence-corrected chi connectivity index (χ4v) is 2.55. The average molecular weight is 254 g/mol. The summed E-state index contributed by atoms with van der Waals surface area (Å²) < 4.78 is 25.4. The van der Waals surface area contributed by atoms with Gasteiger partial charge in [0, 0.05) is 24.7 Å². The third-order valence-electron chi connectivity index (χ3n) is 3.37. The first-order valence-corrected chi connectivity index (χ1v) is 6.30. The number of halogens is 2. The average Bonchev–Trinajstić information content (AvgIpc) is 2.28. The Balaban J connectivity index is 2.17. The van der Waals surface area contributed by atoms with Gasteiger partial charge in [0.15, 0.2) is 0 Å². The van der Waals surface area contributed by atoms with Crippen molar-refractivity contribution in [3.8, 4) is 0 Å². The molecule has 1 N–H and O–H groups in total. The summed E-state index contributed by atoms with van der Waals surface area (Å²) in [6, 6.07) is 9.90. The van der Waals surface area contributed by atoms with Crippen molar-refractivity contribution >= 4 is 0 Å². The van der Waals surface area contributed by atoms with Crippen LogP contribution in [0.4, 0.5) is 8.78 Å². The van der Waals surface area contributed by atoms with Crippen molar-refractivity contribution in [2.45, 2.75) is 31.9 Å². The third-order valence-corrected chi connectivity index (χ3v) is 3.37. The second-order valence-corrected chi connectivity index (χ2v) is 5.51. The Morgan fingerprint density at radius 2 is 2.00 bits per heavy atom. The van der Waals surface area contributed by atoms with Crippen molar-refractivity contribution in [3.63, 3.8) is 0 Å². The van der Waals surface area contributed by atoms with Crippen LogP contribution in [0, 0.1) is 0 Å². The van der Waals surface area contributed by atoms with Crippen LogP contribution in [0.25, 0.3) is 0 Å². The zero-order valence-corrected chi connectivity index (χ0v) is 10.9. The van der Waals surface area contributed by atoms with Crippen molar-refractivity contribution in [1.29, 1.82) is 0 Å². The van der Waals surface area contributed by atoms with Gasteiger partial charge in [-0.1, -0.05) is 30.3 Å². The Hall–Kier alpha value is -1.00. The molecule has 1 aromatic carbocycles. The van der Waals surface area contributed by atoms with E-state index in [4.69, 9.17) is 0 Å². The normalized spacial score (nSPS) is 24.4. The molecule has 1 aliphatic heterocycles. The van der Waals surface area contributed by atoms with Crippen LogP contribution in [0.15, 0.2) is 30.3 Å². The molecule has 2 rings (SSSR count). The molecule has 1 aromatic rings. The summed E-state index contributed by atoms with van der Waals surface area (Å²) in [6.07, 6.45) is -2.29. The molecule has 0 radical (unpaired) electrons. The van der Waals surface area contributed by atoms with Gasteiger partial charge in [-0.05, 0) is 19.4 Å². The SMILES string of the molecule is CC1(C)CN(CC(F)F)C(c2ccccc2)CN1. The molecule has 18 heavy (non-hydrogen) atoms. The molecule has 1 unspecified atom stereocenters. The maximum atomic E-state index is 12.7. The van der Waals surface area contributed by atoms with Crippen molar-refractivity contribution in [2.24, 2.45) is 0 Å². The first-order valence-electron chi connectivity index (χ1n) is 6.30. The number of nitrogens with one attached hydrogen (secondary N) is 1. The standard InChI is InChI=1S/C14H20F2N2/c1-14(2)10-18(9-13(15)16)12(8-17-14)11-6-4-3-5-7-11/h3-7,12-13,17H,8-10H2,1-2H3. The van der Waals surface area contributed by atoms with Crippen LogP contribution < -0.4 is 5.32 Å². The van der Waals surface area contributed by atoms with E-state index >= 15 is 0 Å². The summed E-state index contributed by atoms with van der Waals surface area (Å²) in [5, 5.41) is 3.42. The van der Waals surface area contributed by atoms with E-state index in [9.17, 15) is 8.78 Å². The van der Waals surface area contributed by atoms with Gasteiger partial charge in [-0.3, -0.25) is 4.90 Å². The summed E-state index contributed by atoms with van der Waals surface area (Å²) in [5.74, 6) is 0. The number of nitrogens with zero attached hydrogens (tertiary/aromatic N) is 1. The number of hydrogen-bond acceptors (Lipinski definition) is 2. The minimum absolute atomic E-state index is 0.0354. The van der Waals surface area contributed by atoms with Gasteiger partial charge < -0.3 is 5.32 Å². The van der Waals surface area contributed by atoms with Gasteiger partial charge >= 0.3 is 0 Å². The third kappa shape index (κ3) is 3.27. The maximum absolute atomic E-state index is 12.7. The van der Waals surface area contributed by atoms with Crippen LogP contribution in [0.3, 0.4) is 0 Å². The van der Waals surface area contributed by atoms with Crippen LogP contribution >= 0.6 is 0 Å². The molecule has 0 saturated carbocycles. The van der Waals surface area contributed by atoms with E-state index in [0.717, 1.165) is 5.56 Å². The predicted molar refractivity (Wildman–Crippen MR) is 68.8 cm³/mol. The number of hydrogen-bond donors (Lipinski definition) is 1. The molecule has 4 heteroatoms. The van der Waals surface area contributed by atoms with Gasteiger partial charge in [0.05, 0.1) is 6.54 Å². The van der Waals surface area contributed by atoms with Crippen molar-refractivity contribution < 1.29 is 8.78 Å². The van der Waals surface area contributed by atoms with Crippen LogP contribution in [0.5, 0.6) is 0 Å². The highest BCUT2D eigenvalue weighted by Crippen LogP contribution is 2.27. The molecule has 100 valence electrons. The Bertz CT molecular complexity index is 379. The van der Waals surface area contributed by atoms with Crippen LogP contribution in [0.1, 0.15) is 25.5 Å². The van der Waals surface area contributed by atoms with Crippen LogP contribution in [-0.4, -0.2) is 36.5 Å². The highest BCUT2D eigenvalue weighted by molar-refractivity contribution is 5.20. The highest BCUT2D eigenvalue weighted by Gasteiger charge is 2.34. The molecule has 1 saturated heterocycles. The highest BCUT2D eigenvalue weighted by atomic mass is 19.3. The second kappa shape index (κ2) is 5.33. The number of piperazine rings is 1. The Morgan fingerprint density at radius 3 is 2.61 bits per heavy atom. The number of alkyl halides is 2. The first-order chi connectivity index (χ1) is 8.48. The molecule has 1 aliphatic rings. The van der Waals surface area contributed by atoms with E-state index in [0.29, 0.717) is 13.1 Å². The zero-order valence-electron chi connectivity index (χ0n) is 10.9. The van der Waals surface area contributed by atoms with E-state index in [1.165, 1.54) is 0 Å². The molecule has 2 nitrogen and oxygen atoms in total. The summed E-state index contributed by atoms with van der Waals surface area (Å²) in [5.41, 5.74) is 0.987.